The van der Waals surface area contributed by atoms with Gasteiger partial charge in [0.05, 0.1) is 54.4 Å². The number of unbranched alkanes of at least 4 members (excludes halogenated alkanes) is 1. The molecule has 0 aliphatic rings. The summed E-state index contributed by atoms with van der Waals surface area (Å²) in [6.07, 6.45) is 4.04. The number of quaternary nitrogens is 2. The minimum atomic E-state index is 0. The minimum absolute atomic E-state index is 0. The molecule has 0 heterocycles. The zero-order valence-electron chi connectivity index (χ0n) is 12.6. The molecule has 0 aliphatic carbocycles. The van der Waals surface area contributed by atoms with Gasteiger partial charge >= 0.3 is 0 Å². The molecule has 0 bridgehead atoms. The standard InChI is InChI=1S/C13H32N2.3CH4.2BrH.2H2/c1-7-9-12-15(6,8-2)13-10-11-14(3,4)5;;;;;;;/h7-13H2,1-6H3;3*1H4;4*1H/q+2;;;;;;;/p-2. The molecule has 4 heteroatoms. The van der Waals surface area contributed by atoms with Crippen molar-refractivity contribution in [1.82, 2.24) is 0 Å². The van der Waals surface area contributed by atoms with E-state index in [9.17, 15) is 0 Å². The molecule has 0 radical (unpaired) electrons. The Kier molecular flexibility index (Phi) is 33.4. The molecule has 0 fully saturated rings. The fraction of sp³-hybridized carbons (Fsp3) is 1.00. The van der Waals surface area contributed by atoms with Gasteiger partial charge in [0.2, 0.25) is 0 Å². The summed E-state index contributed by atoms with van der Waals surface area (Å²) in [5.41, 5.74) is 0. The highest BCUT2D eigenvalue weighted by Gasteiger charge is 2.19. The Labute approximate surface area is 155 Å². The first-order chi connectivity index (χ1) is 6.83. The van der Waals surface area contributed by atoms with Crippen molar-refractivity contribution in [3.05, 3.63) is 0 Å². The topological polar surface area (TPSA) is 0 Å². The van der Waals surface area contributed by atoms with Crippen molar-refractivity contribution < 1.29 is 45.8 Å². The van der Waals surface area contributed by atoms with Crippen LogP contribution in [-0.4, -0.2) is 63.3 Å². The minimum Gasteiger partial charge on any atom is -1.00 e. The Morgan fingerprint density at radius 1 is 0.700 bits per heavy atom. The van der Waals surface area contributed by atoms with Crippen molar-refractivity contribution in [3.63, 3.8) is 0 Å². The smallest absolute Gasteiger partial charge is 0.0838 e. The summed E-state index contributed by atoms with van der Waals surface area (Å²) in [7, 11) is 9.25. The van der Waals surface area contributed by atoms with E-state index in [1.165, 1.54) is 49.9 Å². The van der Waals surface area contributed by atoms with Crippen LogP contribution in [0, 0.1) is 0 Å². The zero-order chi connectivity index (χ0) is 11.9. The van der Waals surface area contributed by atoms with Gasteiger partial charge in [0, 0.05) is 9.27 Å². The van der Waals surface area contributed by atoms with Crippen LogP contribution in [0.25, 0.3) is 0 Å². The van der Waals surface area contributed by atoms with E-state index in [1.807, 2.05) is 0 Å². The average Bonchev–Trinajstić information content (AvgIpc) is 2.13. The van der Waals surface area contributed by atoms with E-state index in [0.29, 0.717) is 0 Å². The third-order valence-electron chi connectivity index (χ3n) is 3.34. The first-order valence-corrected chi connectivity index (χ1v) is 6.47. The van der Waals surface area contributed by atoms with Gasteiger partial charge in [-0.3, -0.25) is 0 Å². The number of nitrogens with zero attached hydrogens (tertiary/aromatic N) is 2. The Morgan fingerprint density at radius 2 is 1.10 bits per heavy atom. The van der Waals surface area contributed by atoms with Gasteiger partial charge in [0.15, 0.2) is 0 Å². The van der Waals surface area contributed by atoms with Crippen LogP contribution in [0.5, 0.6) is 0 Å². The van der Waals surface area contributed by atoms with E-state index in [2.05, 4.69) is 42.0 Å². The van der Waals surface area contributed by atoms with E-state index in [0.717, 1.165) is 4.48 Å². The lowest BCUT2D eigenvalue weighted by atomic mass is 10.2. The van der Waals surface area contributed by atoms with Crippen LogP contribution in [0.1, 0.15) is 58.2 Å². The Morgan fingerprint density at radius 3 is 1.40 bits per heavy atom. The highest BCUT2D eigenvalue weighted by molar-refractivity contribution is 4.41. The second kappa shape index (κ2) is 17.9. The van der Waals surface area contributed by atoms with Crippen molar-refractivity contribution in [2.45, 2.75) is 55.4 Å². The summed E-state index contributed by atoms with van der Waals surface area (Å²) in [6, 6.07) is 0. The summed E-state index contributed by atoms with van der Waals surface area (Å²) in [4.78, 5) is 0. The lowest BCUT2D eigenvalue weighted by Gasteiger charge is -2.34. The molecule has 0 aromatic rings. The molecule has 0 saturated heterocycles. The van der Waals surface area contributed by atoms with Crippen molar-refractivity contribution in [1.29, 1.82) is 0 Å². The first kappa shape index (κ1) is 37.3. The van der Waals surface area contributed by atoms with Crippen LogP contribution in [0.2, 0.25) is 0 Å². The molecule has 0 N–H and O–H groups in total. The number of halogens is 2. The lowest BCUT2D eigenvalue weighted by molar-refractivity contribution is -0.916. The fourth-order valence-electron chi connectivity index (χ4n) is 1.89. The van der Waals surface area contributed by atoms with Crippen LogP contribution in [-0.2, 0) is 0 Å². The quantitative estimate of drug-likeness (QED) is 0.425. The van der Waals surface area contributed by atoms with Gasteiger partial charge in [-0.2, -0.15) is 0 Å². The van der Waals surface area contributed by atoms with Crippen molar-refractivity contribution in [2.24, 2.45) is 0 Å². The summed E-state index contributed by atoms with van der Waals surface area (Å²) < 4.78 is 2.35. The normalized spacial score (nSPS) is 12.3. The second-order valence-electron chi connectivity index (χ2n) is 6.10. The number of hydrogen-bond donors (Lipinski definition) is 0. The Balaban J connectivity index is -0.0000000467. The van der Waals surface area contributed by atoms with Crippen molar-refractivity contribution >= 4 is 0 Å². The molecule has 0 spiro atoms. The third kappa shape index (κ3) is 21.2. The molecule has 0 saturated carbocycles. The number of hydrogen-bond acceptors (Lipinski definition) is 0. The van der Waals surface area contributed by atoms with Crippen LogP contribution in [0.15, 0.2) is 0 Å². The maximum absolute atomic E-state index is 2.41. The molecule has 136 valence electrons. The van der Waals surface area contributed by atoms with Gasteiger partial charge in [-0.05, 0) is 13.3 Å². The summed E-state index contributed by atoms with van der Waals surface area (Å²) in [5, 5.41) is 0. The van der Waals surface area contributed by atoms with Gasteiger partial charge in [-0.1, -0.05) is 35.6 Å². The molecule has 1 atom stereocenters. The second-order valence-corrected chi connectivity index (χ2v) is 6.10. The third-order valence-corrected chi connectivity index (χ3v) is 3.34. The van der Waals surface area contributed by atoms with Gasteiger partial charge in [0.25, 0.3) is 0 Å². The molecule has 0 amide bonds. The summed E-state index contributed by atoms with van der Waals surface area (Å²) >= 11 is 0. The van der Waals surface area contributed by atoms with Gasteiger partial charge in [-0.15, -0.1) is 0 Å². The molecular weight excluding hydrogens is 380 g/mol. The van der Waals surface area contributed by atoms with E-state index in [-0.39, 0.29) is 59.1 Å². The molecule has 1 unspecified atom stereocenters. The highest BCUT2D eigenvalue weighted by Crippen LogP contribution is 2.08. The number of rotatable bonds is 8. The van der Waals surface area contributed by atoms with Crippen LogP contribution in [0.4, 0.5) is 0 Å². The largest absolute Gasteiger partial charge is 1.00 e. The highest BCUT2D eigenvalue weighted by atomic mass is 79.9. The van der Waals surface area contributed by atoms with E-state index >= 15 is 0 Å². The monoisotopic (exact) mass is 426 g/mol. The van der Waals surface area contributed by atoms with Crippen LogP contribution < -0.4 is 34.0 Å². The Bertz CT molecular complexity index is 180. The maximum Gasteiger partial charge on any atom is 0.0838 e. The summed E-state index contributed by atoms with van der Waals surface area (Å²) in [5.74, 6) is 0. The average molecular weight is 428 g/mol. The zero-order valence-corrected chi connectivity index (χ0v) is 15.8. The lowest BCUT2D eigenvalue weighted by Crippen LogP contribution is -3.00. The van der Waals surface area contributed by atoms with Crippen LogP contribution >= 0.6 is 0 Å². The molecule has 2 nitrogen and oxygen atoms in total. The van der Waals surface area contributed by atoms with Gasteiger partial charge < -0.3 is 42.9 Å². The molecular formula is C16H48Br2N2. The predicted molar refractivity (Wildman–Crippen MR) is 93.3 cm³/mol. The molecule has 20 heavy (non-hydrogen) atoms. The van der Waals surface area contributed by atoms with Crippen molar-refractivity contribution in [3.8, 4) is 0 Å². The first-order valence-electron chi connectivity index (χ1n) is 6.47. The molecule has 0 aromatic carbocycles. The summed E-state index contributed by atoms with van der Waals surface area (Å²) in [6.45, 7) is 9.86. The maximum atomic E-state index is 2.41. The predicted octanol–water partition coefficient (Wildman–Crippen LogP) is -1.24. The fourth-order valence-corrected chi connectivity index (χ4v) is 1.89. The SMILES string of the molecule is C.C.C.CCCC[N+](C)(CC)CCC[N+](C)(C)C.[Br-].[Br-].[HH].[HH]. The molecule has 0 aliphatic heterocycles. The van der Waals surface area contributed by atoms with Crippen LogP contribution in [0.3, 0.4) is 0 Å². The van der Waals surface area contributed by atoms with E-state index in [1.54, 1.807) is 0 Å². The van der Waals surface area contributed by atoms with Gasteiger partial charge in [-0.25, -0.2) is 0 Å². The van der Waals surface area contributed by atoms with Crippen molar-refractivity contribution in [2.75, 3.05) is 54.4 Å². The molecule has 0 aromatic heterocycles. The molecule has 0 rings (SSSR count). The Hall–Kier alpha value is 0.880. The van der Waals surface area contributed by atoms with Gasteiger partial charge in [0.1, 0.15) is 0 Å². The van der Waals surface area contributed by atoms with E-state index in [4.69, 9.17) is 0 Å². The van der Waals surface area contributed by atoms with E-state index < -0.39 is 0 Å².